The Kier molecular flexibility index (Phi) is 3.09. The Balaban J connectivity index is 0.00000128. The van der Waals surface area contributed by atoms with E-state index in [0.717, 1.165) is 21.5 Å². The lowest BCUT2D eigenvalue weighted by Gasteiger charge is -2.21. The molecule has 7 nitrogen and oxygen atoms in total. The molecule has 1 unspecified atom stereocenters. The highest BCUT2D eigenvalue weighted by molar-refractivity contribution is 5.74. The maximum Gasteiger partial charge on any atom is 0.332 e. The fourth-order valence-corrected chi connectivity index (χ4v) is 1.55. The summed E-state index contributed by atoms with van der Waals surface area (Å²) in [6.07, 6.45) is 2.95. The lowest BCUT2D eigenvalue weighted by molar-refractivity contribution is -0.140. The van der Waals surface area contributed by atoms with Crippen molar-refractivity contribution in [3.63, 3.8) is 0 Å². The van der Waals surface area contributed by atoms with E-state index in [9.17, 15) is 14.4 Å². The predicted molar refractivity (Wildman–Crippen MR) is 54.4 cm³/mol. The van der Waals surface area contributed by atoms with Crippen LogP contribution in [0.3, 0.4) is 0 Å². The zero-order valence-electron chi connectivity index (χ0n) is 8.16. The topological polar surface area (TPSA) is 113 Å². The zero-order chi connectivity index (χ0) is 11.0. The average Bonchev–Trinajstić information content (AvgIpc) is 2.23. The number of aromatic nitrogens is 2. The minimum atomic E-state index is -1.16. The summed E-state index contributed by atoms with van der Waals surface area (Å²) in [7, 11) is 0. The van der Waals surface area contributed by atoms with Gasteiger partial charge in [-0.3, -0.25) is 9.59 Å². The quantitative estimate of drug-likeness (QED) is 0.580. The Hall–Kier alpha value is -2.15. The van der Waals surface area contributed by atoms with Gasteiger partial charge in [0.2, 0.25) is 0 Å². The van der Waals surface area contributed by atoms with Gasteiger partial charge in [0.25, 0.3) is 11.1 Å². The van der Waals surface area contributed by atoms with Crippen molar-refractivity contribution in [3.05, 3.63) is 45.0 Å². The number of rotatable bonds is 1. The highest BCUT2D eigenvalue weighted by atomic mass is 16.4. The van der Waals surface area contributed by atoms with E-state index in [1.807, 2.05) is 0 Å². The highest BCUT2D eigenvalue weighted by Gasteiger charge is 2.23. The third-order valence-electron chi connectivity index (χ3n) is 2.22. The summed E-state index contributed by atoms with van der Waals surface area (Å²) in [5.41, 5.74) is -0.878. The van der Waals surface area contributed by atoms with Crippen molar-refractivity contribution in [2.24, 2.45) is 0 Å². The van der Waals surface area contributed by atoms with Crippen LogP contribution in [0.2, 0.25) is 0 Å². The Morgan fingerprint density at radius 3 is 2.56 bits per heavy atom. The number of hydrogen-bond donors (Lipinski definition) is 1. The first-order chi connectivity index (χ1) is 7.11. The first kappa shape index (κ1) is 11.9. The van der Waals surface area contributed by atoms with Crippen LogP contribution in [0.4, 0.5) is 0 Å². The molecule has 0 saturated carbocycles. The monoisotopic (exact) mass is 226 g/mol. The van der Waals surface area contributed by atoms with Crippen molar-refractivity contribution in [2.75, 3.05) is 0 Å². The Morgan fingerprint density at radius 2 is 1.94 bits per heavy atom. The third-order valence-corrected chi connectivity index (χ3v) is 2.22. The predicted octanol–water partition coefficient (Wildman–Crippen LogP) is -1.62. The van der Waals surface area contributed by atoms with Crippen LogP contribution in [0.25, 0.3) is 0 Å². The summed E-state index contributed by atoms with van der Waals surface area (Å²) < 4.78 is 2.06. The van der Waals surface area contributed by atoms with Crippen molar-refractivity contribution in [2.45, 2.75) is 12.6 Å². The Bertz CT molecular complexity index is 554. The van der Waals surface area contributed by atoms with E-state index >= 15 is 0 Å². The van der Waals surface area contributed by atoms with E-state index in [2.05, 4.69) is 0 Å². The molecule has 0 aromatic carbocycles. The molecule has 0 radical (unpaired) electrons. The van der Waals surface area contributed by atoms with Crippen LogP contribution < -0.4 is 11.1 Å². The van der Waals surface area contributed by atoms with E-state index in [-0.39, 0.29) is 17.6 Å². The molecule has 0 bridgehead atoms. The molecule has 86 valence electrons. The second-order valence-electron chi connectivity index (χ2n) is 3.15. The SMILES string of the molecule is O.O=C(O)C1C=CCn2c(=O)ccc(=O)n21. The number of carboxylic acid groups (broad SMARTS) is 1. The molecule has 1 aliphatic heterocycles. The van der Waals surface area contributed by atoms with E-state index in [0.29, 0.717) is 0 Å². The van der Waals surface area contributed by atoms with Gasteiger partial charge in [0.15, 0.2) is 6.04 Å². The van der Waals surface area contributed by atoms with Gasteiger partial charge in [-0.15, -0.1) is 0 Å². The molecule has 2 rings (SSSR count). The van der Waals surface area contributed by atoms with Gasteiger partial charge in [-0.1, -0.05) is 12.2 Å². The summed E-state index contributed by atoms with van der Waals surface area (Å²) in [6.45, 7) is 0.221. The number of nitrogens with zero attached hydrogens (tertiary/aromatic N) is 2. The second-order valence-corrected chi connectivity index (χ2v) is 3.15. The molecule has 2 heterocycles. The molecule has 0 aliphatic carbocycles. The maximum atomic E-state index is 11.4. The van der Waals surface area contributed by atoms with E-state index in [4.69, 9.17) is 5.11 Å². The van der Waals surface area contributed by atoms with Crippen LogP contribution in [-0.4, -0.2) is 25.9 Å². The van der Waals surface area contributed by atoms with Crippen LogP contribution in [0.15, 0.2) is 33.9 Å². The van der Waals surface area contributed by atoms with E-state index in [1.54, 1.807) is 6.08 Å². The molecule has 16 heavy (non-hydrogen) atoms. The summed E-state index contributed by atoms with van der Waals surface area (Å²) in [6, 6.07) is 1.12. The van der Waals surface area contributed by atoms with Crippen molar-refractivity contribution >= 4 is 5.97 Å². The highest BCUT2D eigenvalue weighted by Crippen LogP contribution is 2.09. The summed E-state index contributed by atoms with van der Waals surface area (Å²) >= 11 is 0. The largest absolute Gasteiger partial charge is 0.479 e. The smallest absolute Gasteiger partial charge is 0.332 e. The van der Waals surface area contributed by atoms with Crippen LogP contribution in [-0.2, 0) is 11.3 Å². The molecule has 0 spiro atoms. The third kappa shape index (κ3) is 1.68. The molecule has 1 atom stereocenters. The Morgan fingerprint density at radius 1 is 1.31 bits per heavy atom. The first-order valence-electron chi connectivity index (χ1n) is 4.33. The van der Waals surface area contributed by atoms with Crippen LogP contribution in [0.5, 0.6) is 0 Å². The number of carboxylic acids is 1. The number of hydrogen-bond acceptors (Lipinski definition) is 3. The minimum Gasteiger partial charge on any atom is -0.479 e. The van der Waals surface area contributed by atoms with Gasteiger partial charge in [0, 0.05) is 12.1 Å². The summed E-state index contributed by atoms with van der Waals surface area (Å²) in [4.78, 5) is 33.7. The molecule has 0 saturated heterocycles. The molecule has 0 fully saturated rings. The molecule has 3 N–H and O–H groups in total. The fraction of sp³-hybridized carbons (Fsp3) is 0.222. The second kappa shape index (κ2) is 4.15. The van der Waals surface area contributed by atoms with Crippen LogP contribution in [0.1, 0.15) is 6.04 Å². The molecule has 1 aromatic rings. The number of aliphatic carboxylic acids is 1. The maximum absolute atomic E-state index is 11.4. The van der Waals surface area contributed by atoms with Crippen molar-refractivity contribution in [1.82, 2.24) is 9.36 Å². The van der Waals surface area contributed by atoms with E-state index < -0.39 is 17.6 Å². The van der Waals surface area contributed by atoms with Crippen LogP contribution >= 0.6 is 0 Å². The van der Waals surface area contributed by atoms with Crippen molar-refractivity contribution in [1.29, 1.82) is 0 Å². The number of carbonyl (C=O) groups is 1. The van der Waals surface area contributed by atoms with Crippen molar-refractivity contribution in [3.8, 4) is 0 Å². The molecule has 0 amide bonds. The average molecular weight is 226 g/mol. The lowest BCUT2D eigenvalue weighted by Crippen LogP contribution is -2.43. The molecular weight excluding hydrogens is 216 g/mol. The standard InChI is InChI=1S/C9H8N2O4.H2O/c12-7-3-4-8(13)11-6(9(14)15)2-1-5-10(7)11;/h1-4,6H,5H2,(H,14,15);1H2. The van der Waals surface area contributed by atoms with E-state index in [1.165, 1.54) is 6.08 Å². The Labute approximate surface area is 89.1 Å². The fourth-order valence-electron chi connectivity index (χ4n) is 1.55. The minimum absolute atomic E-state index is 0. The molecule has 1 aliphatic rings. The van der Waals surface area contributed by atoms with Gasteiger partial charge in [0.1, 0.15) is 0 Å². The van der Waals surface area contributed by atoms with Gasteiger partial charge in [-0.2, -0.15) is 0 Å². The van der Waals surface area contributed by atoms with Gasteiger partial charge in [0.05, 0.1) is 6.54 Å². The van der Waals surface area contributed by atoms with Gasteiger partial charge in [-0.05, 0) is 0 Å². The summed E-state index contributed by atoms with van der Waals surface area (Å²) in [5, 5.41) is 8.87. The summed E-state index contributed by atoms with van der Waals surface area (Å²) in [5.74, 6) is -1.16. The zero-order valence-corrected chi connectivity index (χ0v) is 8.16. The van der Waals surface area contributed by atoms with Gasteiger partial charge < -0.3 is 10.6 Å². The van der Waals surface area contributed by atoms with Gasteiger partial charge in [-0.25, -0.2) is 14.2 Å². The normalized spacial score (nSPS) is 17.4. The van der Waals surface area contributed by atoms with Crippen molar-refractivity contribution < 1.29 is 15.4 Å². The van der Waals surface area contributed by atoms with Crippen LogP contribution in [0, 0.1) is 0 Å². The number of allylic oxidation sites excluding steroid dienone is 1. The first-order valence-corrected chi connectivity index (χ1v) is 4.33. The lowest BCUT2D eigenvalue weighted by atomic mass is 10.2. The number of fused-ring (bicyclic) bond motifs is 1. The molecule has 1 aromatic heterocycles. The molecular formula is C9H10N2O5. The molecule has 7 heteroatoms. The van der Waals surface area contributed by atoms with Gasteiger partial charge >= 0.3 is 5.97 Å².